The maximum absolute atomic E-state index is 14.2. The number of fused-ring (bicyclic) bond motifs is 1. The standard InChI is InChI=1S/C31H33ClN6O5/c1-4-27(39)35-22-7-5-6-20(14-22)19-38-29-21(18-34-31(36-29)33-8-9-37-10-12-43-13-11-37)15-25(30(38)40)24-16-23(41-2)17-26(42-3)28(24)32/h4-7,14-18H,1,8-13,19H2,2-3H3,(H,35,39)(H,33,34,36). The second-order valence-corrected chi connectivity index (χ2v) is 10.3. The van der Waals surface area contributed by atoms with E-state index in [1.54, 1.807) is 41.1 Å². The number of nitrogens with zero attached hydrogens (tertiary/aromatic N) is 4. The van der Waals surface area contributed by atoms with Crippen LogP contribution in [0, 0.1) is 0 Å². The van der Waals surface area contributed by atoms with Crippen molar-refractivity contribution in [3.63, 3.8) is 0 Å². The molecule has 1 saturated heterocycles. The fraction of sp³-hybridized carbons (Fsp3) is 0.290. The number of benzene rings is 2. The molecule has 2 N–H and O–H groups in total. The monoisotopic (exact) mass is 604 g/mol. The van der Waals surface area contributed by atoms with Crippen molar-refractivity contribution >= 4 is 40.2 Å². The summed E-state index contributed by atoms with van der Waals surface area (Å²) in [5.41, 5.74) is 2.28. The molecular formula is C31H33ClN6O5. The van der Waals surface area contributed by atoms with E-state index in [1.807, 2.05) is 12.1 Å². The lowest BCUT2D eigenvalue weighted by atomic mass is 10.0. The number of nitrogens with one attached hydrogen (secondary N) is 2. The van der Waals surface area contributed by atoms with E-state index >= 15 is 0 Å². The summed E-state index contributed by atoms with van der Waals surface area (Å²) in [6, 6.07) is 12.3. The molecule has 1 aliphatic heterocycles. The number of anilines is 2. The molecule has 0 bridgehead atoms. The molecule has 0 unspecified atom stereocenters. The molecule has 2 aromatic carbocycles. The van der Waals surface area contributed by atoms with Crippen molar-refractivity contribution in [2.24, 2.45) is 0 Å². The van der Waals surface area contributed by atoms with Crippen molar-refractivity contribution < 1.29 is 19.0 Å². The topological polar surface area (TPSA) is 120 Å². The molecule has 2 aromatic heterocycles. The van der Waals surface area contributed by atoms with Gasteiger partial charge in [-0.1, -0.05) is 30.3 Å². The minimum absolute atomic E-state index is 0.171. The van der Waals surface area contributed by atoms with Gasteiger partial charge in [-0.15, -0.1) is 0 Å². The van der Waals surface area contributed by atoms with Crippen molar-refractivity contribution in [3.8, 4) is 22.6 Å². The molecular weight excluding hydrogens is 572 g/mol. The molecule has 11 nitrogen and oxygen atoms in total. The molecule has 1 fully saturated rings. The van der Waals surface area contributed by atoms with E-state index in [2.05, 4.69) is 27.1 Å². The van der Waals surface area contributed by atoms with Gasteiger partial charge in [-0.25, -0.2) is 4.98 Å². The Morgan fingerprint density at radius 2 is 1.95 bits per heavy atom. The normalized spacial score (nSPS) is 13.5. The third-order valence-electron chi connectivity index (χ3n) is 7.12. The number of hydrogen-bond acceptors (Lipinski definition) is 9. The lowest BCUT2D eigenvalue weighted by Crippen LogP contribution is -2.39. The second-order valence-electron chi connectivity index (χ2n) is 9.89. The summed E-state index contributed by atoms with van der Waals surface area (Å²) in [5, 5.41) is 6.97. The van der Waals surface area contributed by atoms with Crippen LogP contribution in [0.2, 0.25) is 5.02 Å². The number of hydrogen-bond donors (Lipinski definition) is 2. The molecule has 0 spiro atoms. The van der Waals surface area contributed by atoms with Crippen LogP contribution in [0.1, 0.15) is 5.56 Å². The number of aromatic nitrogens is 3. The quantitative estimate of drug-likeness (QED) is 0.244. The molecule has 0 saturated carbocycles. The number of carbonyl (C=O) groups is 1. The number of pyridine rings is 1. The van der Waals surface area contributed by atoms with Gasteiger partial charge in [0.2, 0.25) is 11.9 Å². The van der Waals surface area contributed by atoms with Crippen LogP contribution in [-0.4, -0.2) is 79.0 Å². The second kappa shape index (κ2) is 13.7. The third-order valence-corrected chi connectivity index (χ3v) is 7.51. The van der Waals surface area contributed by atoms with E-state index in [0.717, 1.165) is 38.4 Å². The largest absolute Gasteiger partial charge is 0.497 e. The molecule has 0 aliphatic carbocycles. The first-order valence-electron chi connectivity index (χ1n) is 13.8. The zero-order valence-corrected chi connectivity index (χ0v) is 24.8. The highest BCUT2D eigenvalue weighted by molar-refractivity contribution is 6.35. The van der Waals surface area contributed by atoms with E-state index < -0.39 is 0 Å². The molecule has 12 heteroatoms. The van der Waals surface area contributed by atoms with Gasteiger partial charge in [0, 0.05) is 60.6 Å². The van der Waals surface area contributed by atoms with E-state index in [9.17, 15) is 9.59 Å². The predicted octanol–water partition coefficient (Wildman–Crippen LogP) is 4.05. The van der Waals surface area contributed by atoms with Crippen molar-refractivity contribution in [3.05, 3.63) is 82.3 Å². The van der Waals surface area contributed by atoms with Crippen LogP contribution in [0.3, 0.4) is 0 Å². The van der Waals surface area contributed by atoms with Crippen molar-refractivity contribution in [1.29, 1.82) is 0 Å². The van der Waals surface area contributed by atoms with Crippen molar-refractivity contribution in [2.75, 3.05) is 64.2 Å². The highest BCUT2D eigenvalue weighted by Crippen LogP contribution is 2.38. The van der Waals surface area contributed by atoms with Gasteiger partial charge in [0.1, 0.15) is 17.1 Å². The van der Waals surface area contributed by atoms with E-state index in [1.165, 1.54) is 20.3 Å². The Balaban J connectivity index is 1.58. The van der Waals surface area contributed by atoms with Crippen LogP contribution in [0.5, 0.6) is 11.5 Å². The molecule has 5 rings (SSSR count). The molecule has 4 aromatic rings. The Morgan fingerprint density at radius 3 is 2.70 bits per heavy atom. The van der Waals surface area contributed by atoms with Crippen molar-refractivity contribution in [1.82, 2.24) is 19.4 Å². The van der Waals surface area contributed by atoms with Gasteiger partial charge in [0.05, 0.1) is 39.0 Å². The zero-order chi connectivity index (χ0) is 30.3. The maximum atomic E-state index is 14.2. The Morgan fingerprint density at radius 1 is 1.14 bits per heavy atom. The fourth-order valence-electron chi connectivity index (χ4n) is 4.89. The summed E-state index contributed by atoms with van der Waals surface area (Å²) in [6.45, 7) is 8.34. The van der Waals surface area contributed by atoms with Crippen LogP contribution in [0.25, 0.3) is 22.2 Å². The number of carbonyl (C=O) groups excluding carboxylic acids is 1. The summed E-state index contributed by atoms with van der Waals surface area (Å²) < 4.78 is 17.9. The molecule has 0 atom stereocenters. The first-order valence-corrected chi connectivity index (χ1v) is 14.2. The summed E-state index contributed by atoms with van der Waals surface area (Å²) >= 11 is 6.71. The van der Waals surface area contributed by atoms with Crippen molar-refractivity contribution in [2.45, 2.75) is 6.54 Å². The van der Waals surface area contributed by atoms with E-state index in [-0.39, 0.29) is 23.0 Å². The molecule has 0 radical (unpaired) electrons. The van der Waals surface area contributed by atoms with Gasteiger partial charge in [-0.2, -0.15) is 4.98 Å². The number of morpholine rings is 1. The number of rotatable bonds is 11. The molecule has 3 heterocycles. The van der Waals surface area contributed by atoms with Gasteiger partial charge in [-0.3, -0.25) is 19.1 Å². The highest BCUT2D eigenvalue weighted by atomic mass is 35.5. The first-order chi connectivity index (χ1) is 20.9. The average molecular weight is 605 g/mol. The molecule has 1 amide bonds. The lowest BCUT2D eigenvalue weighted by molar-refractivity contribution is -0.111. The predicted molar refractivity (Wildman–Crippen MR) is 167 cm³/mol. The van der Waals surface area contributed by atoms with Crippen LogP contribution in [0.4, 0.5) is 11.6 Å². The Bertz CT molecular complexity index is 1700. The van der Waals surface area contributed by atoms with Gasteiger partial charge >= 0.3 is 0 Å². The number of methoxy groups -OCH3 is 2. The minimum Gasteiger partial charge on any atom is -0.497 e. The molecule has 1 aliphatic rings. The van der Waals surface area contributed by atoms with E-state index in [0.29, 0.717) is 51.8 Å². The van der Waals surface area contributed by atoms with E-state index in [4.69, 9.17) is 30.8 Å². The lowest BCUT2D eigenvalue weighted by Gasteiger charge is -2.26. The number of amides is 1. The number of halogens is 1. The zero-order valence-electron chi connectivity index (χ0n) is 24.1. The Kier molecular flexibility index (Phi) is 9.55. The first kappa shape index (κ1) is 30.0. The van der Waals surface area contributed by atoms with Crippen LogP contribution in [-0.2, 0) is 16.1 Å². The van der Waals surface area contributed by atoms with Crippen LogP contribution < -0.4 is 25.7 Å². The van der Waals surface area contributed by atoms with Gasteiger partial charge in [0.15, 0.2) is 0 Å². The maximum Gasteiger partial charge on any atom is 0.260 e. The smallest absolute Gasteiger partial charge is 0.260 e. The average Bonchev–Trinajstić information content (AvgIpc) is 3.03. The van der Waals surface area contributed by atoms with Gasteiger partial charge in [-0.05, 0) is 35.9 Å². The molecule has 224 valence electrons. The summed E-state index contributed by atoms with van der Waals surface area (Å²) in [7, 11) is 3.04. The minimum atomic E-state index is -0.330. The SMILES string of the molecule is C=CC(=O)Nc1cccc(Cn2c(=O)c(-c3cc(OC)cc(OC)c3Cl)cc3cnc(NCCN4CCOCC4)nc32)c1. The highest BCUT2D eigenvalue weighted by Gasteiger charge is 2.20. The van der Waals surface area contributed by atoms with Crippen LogP contribution in [0.15, 0.2) is 66.1 Å². The number of ether oxygens (including phenoxy) is 3. The van der Waals surface area contributed by atoms with Gasteiger partial charge < -0.3 is 24.8 Å². The summed E-state index contributed by atoms with van der Waals surface area (Å²) in [5.74, 6) is 0.950. The summed E-state index contributed by atoms with van der Waals surface area (Å²) in [4.78, 5) is 37.7. The summed E-state index contributed by atoms with van der Waals surface area (Å²) in [6.07, 6.45) is 2.88. The fourth-order valence-corrected chi connectivity index (χ4v) is 5.18. The van der Waals surface area contributed by atoms with Crippen LogP contribution >= 0.6 is 11.6 Å². The molecule has 43 heavy (non-hydrogen) atoms. The third kappa shape index (κ3) is 6.96. The Hall–Kier alpha value is -4.45. The Labute approximate surface area is 254 Å². The van der Waals surface area contributed by atoms with Gasteiger partial charge in [0.25, 0.3) is 5.56 Å².